The van der Waals surface area contributed by atoms with Crippen LogP contribution in [0.3, 0.4) is 0 Å². The van der Waals surface area contributed by atoms with Gasteiger partial charge in [-0.3, -0.25) is 4.98 Å². The minimum absolute atomic E-state index is 0.426. The summed E-state index contributed by atoms with van der Waals surface area (Å²) in [6.07, 6.45) is 5.34. The van der Waals surface area contributed by atoms with Gasteiger partial charge in [-0.1, -0.05) is 34.8 Å². The SMILES string of the molecule is Cc1cncc(-c2nc(Cl)cn2Cc2cc(Cl)ccc2Cl)c1. The first kappa shape index (κ1) is 15.3. The van der Waals surface area contributed by atoms with E-state index >= 15 is 0 Å². The molecule has 2 heterocycles. The molecule has 0 N–H and O–H groups in total. The molecule has 0 spiro atoms. The average molecular weight is 353 g/mol. The second-order valence-corrected chi connectivity index (χ2v) is 6.23. The smallest absolute Gasteiger partial charge is 0.147 e. The van der Waals surface area contributed by atoms with Crippen molar-refractivity contribution in [3.63, 3.8) is 0 Å². The van der Waals surface area contributed by atoms with E-state index in [4.69, 9.17) is 34.8 Å². The molecule has 0 amide bonds. The first-order valence-corrected chi connectivity index (χ1v) is 7.75. The Morgan fingerprint density at radius 2 is 1.91 bits per heavy atom. The standard InChI is InChI=1S/C16H12Cl3N3/c1-10-4-11(7-20-6-10)16-21-15(19)9-22(16)8-12-5-13(17)2-3-14(12)18/h2-7,9H,8H2,1H3. The molecule has 3 nitrogen and oxygen atoms in total. The highest BCUT2D eigenvalue weighted by molar-refractivity contribution is 6.33. The third kappa shape index (κ3) is 3.27. The number of pyridine rings is 1. The van der Waals surface area contributed by atoms with Crippen molar-refractivity contribution >= 4 is 34.8 Å². The molecule has 0 saturated heterocycles. The molecule has 0 aliphatic carbocycles. The fraction of sp³-hybridized carbons (Fsp3) is 0.125. The van der Waals surface area contributed by atoms with Gasteiger partial charge in [-0.2, -0.15) is 0 Å². The normalized spacial score (nSPS) is 10.9. The van der Waals surface area contributed by atoms with Crippen molar-refractivity contribution in [2.75, 3.05) is 0 Å². The predicted molar refractivity (Wildman–Crippen MR) is 90.8 cm³/mol. The molecule has 0 fully saturated rings. The van der Waals surface area contributed by atoms with Crippen LogP contribution in [-0.4, -0.2) is 14.5 Å². The summed E-state index contributed by atoms with van der Waals surface area (Å²) in [4.78, 5) is 8.59. The second-order valence-electron chi connectivity index (χ2n) is 5.00. The number of halogens is 3. The molecule has 0 saturated carbocycles. The highest BCUT2D eigenvalue weighted by Crippen LogP contribution is 2.26. The summed E-state index contributed by atoms with van der Waals surface area (Å²) in [6, 6.07) is 7.41. The van der Waals surface area contributed by atoms with Crippen LogP contribution < -0.4 is 0 Å². The van der Waals surface area contributed by atoms with Crippen LogP contribution in [0.1, 0.15) is 11.1 Å². The quantitative estimate of drug-likeness (QED) is 0.643. The van der Waals surface area contributed by atoms with Gasteiger partial charge in [0.25, 0.3) is 0 Å². The summed E-state index contributed by atoms with van der Waals surface area (Å²) >= 11 is 18.4. The Morgan fingerprint density at radius 1 is 1.09 bits per heavy atom. The zero-order valence-electron chi connectivity index (χ0n) is 11.7. The number of benzene rings is 1. The molecule has 0 aliphatic rings. The van der Waals surface area contributed by atoms with Crippen molar-refractivity contribution in [3.8, 4) is 11.4 Å². The van der Waals surface area contributed by atoms with E-state index in [1.54, 1.807) is 30.7 Å². The largest absolute Gasteiger partial charge is 0.325 e. The highest BCUT2D eigenvalue weighted by Gasteiger charge is 2.12. The molecule has 2 aromatic heterocycles. The molecule has 1 aromatic carbocycles. The predicted octanol–water partition coefficient (Wildman–Crippen LogP) is 5.26. The lowest BCUT2D eigenvalue weighted by molar-refractivity contribution is 0.806. The molecular formula is C16H12Cl3N3. The molecule has 6 heteroatoms. The van der Waals surface area contributed by atoms with Crippen LogP contribution in [0.25, 0.3) is 11.4 Å². The van der Waals surface area contributed by atoms with Gasteiger partial charge in [0.05, 0.1) is 6.54 Å². The van der Waals surface area contributed by atoms with Gasteiger partial charge in [0, 0.05) is 34.2 Å². The van der Waals surface area contributed by atoms with Crippen LogP contribution in [0.4, 0.5) is 0 Å². The topological polar surface area (TPSA) is 30.7 Å². The van der Waals surface area contributed by atoms with Crippen molar-refractivity contribution in [3.05, 3.63) is 69.2 Å². The van der Waals surface area contributed by atoms with Crippen molar-refractivity contribution in [2.24, 2.45) is 0 Å². The number of aryl methyl sites for hydroxylation is 1. The van der Waals surface area contributed by atoms with Crippen molar-refractivity contribution in [1.29, 1.82) is 0 Å². The van der Waals surface area contributed by atoms with E-state index in [2.05, 4.69) is 9.97 Å². The number of aromatic nitrogens is 3. The highest BCUT2D eigenvalue weighted by atomic mass is 35.5. The third-order valence-corrected chi connectivity index (χ3v) is 4.01. The Bertz CT molecular complexity index is 827. The molecule has 112 valence electrons. The monoisotopic (exact) mass is 351 g/mol. The Labute approximate surface area is 143 Å². The first-order chi connectivity index (χ1) is 10.5. The van der Waals surface area contributed by atoms with E-state index in [1.807, 2.05) is 23.6 Å². The van der Waals surface area contributed by atoms with Gasteiger partial charge in [0.1, 0.15) is 11.0 Å². The molecule has 0 atom stereocenters. The summed E-state index contributed by atoms with van der Waals surface area (Å²) in [5.74, 6) is 0.747. The summed E-state index contributed by atoms with van der Waals surface area (Å²) in [6.45, 7) is 2.52. The Morgan fingerprint density at radius 3 is 2.68 bits per heavy atom. The van der Waals surface area contributed by atoms with E-state index in [-0.39, 0.29) is 0 Å². The molecule has 0 unspecified atom stereocenters. The van der Waals surface area contributed by atoms with Gasteiger partial charge < -0.3 is 4.57 Å². The maximum atomic E-state index is 6.24. The molecule has 3 aromatic rings. The lowest BCUT2D eigenvalue weighted by atomic mass is 10.2. The summed E-state index contributed by atoms with van der Waals surface area (Å²) in [7, 11) is 0. The van der Waals surface area contributed by atoms with Crippen LogP contribution in [0.15, 0.2) is 42.9 Å². The van der Waals surface area contributed by atoms with Crippen LogP contribution in [0.5, 0.6) is 0 Å². The molecule has 0 aliphatic heterocycles. The van der Waals surface area contributed by atoms with E-state index in [1.165, 1.54) is 0 Å². The van der Waals surface area contributed by atoms with Crippen LogP contribution in [0, 0.1) is 6.92 Å². The number of imidazole rings is 1. The Kier molecular flexibility index (Phi) is 4.39. The third-order valence-electron chi connectivity index (χ3n) is 3.23. The lowest BCUT2D eigenvalue weighted by Gasteiger charge is -2.10. The number of nitrogens with zero attached hydrogens (tertiary/aromatic N) is 3. The minimum atomic E-state index is 0.426. The number of rotatable bonds is 3. The molecule has 22 heavy (non-hydrogen) atoms. The van der Waals surface area contributed by atoms with Crippen LogP contribution >= 0.6 is 34.8 Å². The summed E-state index contributed by atoms with van der Waals surface area (Å²) in [5, 5.41) is 1.72. The van der Waals surface area contributed by atoms with Crippen LogP contribution in [0.2, 0.25) is 15.2 Å². The number of hydrogen-bond acceptors (Lipinski definition) is 2. The van der Waals surface area contributed by atoms with E-state index in [9.17, 15) is 0 Å². The van der Waals surface area contributed by atoms with Crippen molar-refractivity contribution in [2.45, 2.75) is 13.5 Å². The number of hydrogen-bond donors (Lipinski definition) is 0. The second kappa shape index (κ2) is 6.29. The summed E-state index contributed by atoms with van der Waals surface area (Å²) < 4.78 is 1.94. The van der Waals surface area contributed by atoms with Gasteiger partial charge >= 0.3 is 0 Å². The maximum absolute atomic E-state index is 6.24. The van der Waals surface area contributed by atoms with Gasteiger partial charge in [-0.15, -0.1) is 0 Å². The van der Waals surface area contributed by atoms with Gasteiger partial charge in [-0.05, 0) is 42.3 Å². The minimum Gasteiger partial charge on any atom is -0.325 e. The molecule has 0 radical (unpaired) electrons. The lowest BCUT2D eigenvalue weighted by Crippen LogP contribution is -2.02. The van der Waals surface area contributed by atoms with Gasteiger partial charge in [0.2, 0.25) is 0 Å². The van der Waals surface area contributed by atoms with Crippen molar-refractivity contribution < 1.29 is 0 Å². The molecule has 3 rings (SSSR count). The van der Waals surface area contributed by atoms with E-state index in [0.29, 0.717) is 21.7 Å². The summed E-state index contributed by atoms with van der Waals surface area (Å²) in [5.41, 5.74) is 2.87. The van der Waals surface area contributed by atoms with Crippen LogP contribution in [-0.2, 0) is 6.54 Å². The zero-order valence-corrected chi connectivity index (χ0v) is 14.0. The molecular weight excluding hydrogens is 341 g/mol. The van der Waals surface area contributed by atoms with Gasteiger partial charge in [-0.25, -0.2) is 4.98 Å². The zero-order chi connectivity index (χ0) is 15.7. The van der Waals surface area contributed by atoms with E-state index in [0.717, 1.165) is 22.5 Å². The van der Waals surface area contributed by atoms with E-state index < -0.39 is 0 Å². The average Bonchev–Trinajstić information content (AvgIpc) is 2.84. The van der Waals surface area contributed by atoms with Crippen molar-refractivity contribution in [1.82, 2.24) is 14.5 Å². The fourth-order valence-electron chi connectivity index (χ4n) is 2.26. The Balaban J connectivity index is 2.03. The fourth-order valence-corrected chi connectivity index (χ4v) is 2.83. The first-order valence-electron chi connectivity index (χ1n) is 6.61. The maximum Gasteiger partial charge on any atom is 0.147 e. The Hall–Kier alpha value is -1.55. The van der Waals surface area contributed by atoms with Gasteiger partial charge in [0.15, 0.2) is 0 Å². The molecule has 0 bridgehead atoms.